The third-order valence-electron chi connectivity index (χ3n) is 16.0. The van der Waals surface area contributed by atoms with E-state index in [1.54, 1.807) is 9.15 Å². The first-order valence-electron chi connectivity index (χ1n) is 26.6. The van der Waals surface area contributed by atoms with Crippen molar-refractivity contribution in [2.24, 2.45) is 0 Å². The maximum absolute atomic E-state index is 13.3. The van der Waals surface area contributed by atoms with Gasteiger partial charge in [-0.3, -0.25) is 0 Å². The van der Waals surface area contributed by atoms with Crippen LogP contribution < -0.4 is 38.9 Å². The highest BCUT2D eigenvalue weighted by molar-refractivity contribution is 6.03. The summed E-state index contributed by atoms with van der Waals surface area (Å²) in [5.74, 6) is 0.925. The minimum atomic E-state index is -1.77. The van der Waals surface area contributed by atoms with Gasteiger partial charge in [-0.1, -0.05) is 167 Å². The van der Waals surface area contributed by atoms with E-state index < -0.39 is 23.7 Å². The smallest absolute Gasteiger partial charge is 0.403 e. The van der Waals surface area contributed by atoms with Gasteiger partial charge < -0.3 is 29.1 Å². The highest BCUT2D eigenvalue weighted by Crippen LogP contribution is 2.65. The molecule has 5 aliphatic heterocycles. The van der Waals surface area contributed by atoms with E-state index in [4.69, 9.17) is 9.47 Å². The van der Waals surface area contributed by atoms with E-state index in [9.17, 15) is 10.5 Å². The molecule has 0 N–H and O–H groups in total. The molecule has 5 heterocycles. The monoisotopic (exact) mass is 1040 g/mol. The summed E-state index contributed by atoms with van der Waals surface area (Å²) in [4.78, 5) is 13.5. The summed E-state index contributed by atoms with van der Waals surface area (Å²) >= 11 is 0. The molecule has 4 unspecified atom stereocenters. The molecular weight excluding hydrogens is 989 g/mol. The molecule has 2 spiro atoms. The first-order valence-corrected chi connectivity index (χ1v) is 26.6. The molecule has 0 saturated heterocycles. The fourth-order valence-electron chi connectivity index (χ4n) is 13.1. The number of rotatable bonds is 6. The highest BCUT2D eigenvalue weighted by Gasteiger charge is 2.77. The van der Waals surface area contributed by atoms with Crippen molar-refractivity contribution in [3.63, 3.8) is 0 Å². The number of para-hydroxylation sites is 12. The minimum absolute atomic E-state index is 0.117. The van der Waals surface area contributed by atoms with Crippen LogP contribution in [0.1, 0.15) is 11.1 Å². The van der Waals surface area contributed by atoms with Crippen molar-refractivity contribution >= 4 is 68.9 Å². The lowest BCUT2D eigenvalue weighted by molar-refractivity contribution is -0.580. The fourth-order valence-corrected chi connectivity index (χ4v) is 13.1. The Morgan fingerprint density at radius 2 is 0.562 bits per heavy atom. The predicted molar refractivity (Wildman–Crippen MR) is 312 cm³/mol. The molecule has 0 amide bonds. The van der Waals surface area contributed by atoms with E-state index >= 15 is 0 Å². The number of nitriles is 2. The Morgan fingerprint density at radius 3 is 0.887 bits per heavy atom. The quantitative estimate of drug-likeness (QED) is 0.118. The first-order chi connectivity index (χ1) is 39.7. The van der Waals surface area contributed by atoms with Gasteiger partial charge in [0.05, 0.1) is 45.3 Å². The van der Waals surface area contributed by atoms with E-state index in [-0.39, 0.29) is 12.0 Å². The van der Waals surface area contributed by atoms with Gasteiger partial charge in [-0.2, -0.15) is 9.80 Å². The fraction of sp³-hybridized carbons (Fsp3) is 0.0588. The van der Waals surface area contributed by atoms with Crippen LogP contribution in [0.15, 0.2) is 279 Å². The number of amidine groups is 2. The van der Waals surface area contributed by atoms with E-state index in [1.807, 2.05) is 182 Å². The summed E-state index contributed by atoms with van der Waals surface area (Å²) in [7, 11) is 0. The summed E-state index contributed by atoms with van der Waals surface area (Å²) < 4.78 is 19.1. The van der Waals surface area contributed by atoms with Crippen molar-refractivity contribution < 1.29 is 18.6 Å². The van der Waals surface area contributed by atoms with Gasteiger partial charge in [0.1, 0.15) is 22.9 Å². The Balaban J connectivity index is 1.21. The molecule has 10 aromatic rings. The number of fused-ring (bicyclic) bond motifs is 14. The molecule has 80 heavy (non-hydrogen) atoms. The van der Waals surface area contributed by atoms with Crippen molar-refractivity contribution in [3.05, 3.63) is 290 Å². The molecule has 0 aliphatic carbocycles. The normalized spacial score (nSPS) is 21.9. The van der Waals surface area contributed by atoms with Crippen LogP contribution in [0.5, 0.6) is 11.5 Å². The number of nitrogens with zero attached hydrogens (tertiary/aromatic N) is 10. The molecule has 5 aliphatic rings. The molecule has 4 atom stereocenters. The van der Waals surface area contributed by atoms with Gasteiger partial charge in [-0.25, -0.2) is 0 Å². The average molecular weight is 1040 g/mol. The molecule has 12 heteroatoms. The molecule has 15 rings (SSSR count). The van der Waals surface area contributed by atoms with Gasteiger partial charge >= 0.3 is 24.4 Å². The Bertz CT molecular complexity index is 3870. The van der Waals surface area contributed by atoms with E-state index in [0.717, 1.165) is 56.6 Å². The Kier molecular flexibility index (Phi) is 10.6. The average Bonchev–Trinajstić information content (AvgIpc) is 2.62. The molecular formula is C68H48N10O2+2. The summed E-state index contributed by atoms with van der Waals surface area (Å²) in [5, 5.41) is 26.5. The summed E-state index contributed by atoms with van der Waals surface area (Å²) in [6, 6.07) is 93.4. The number of ether oxygens (including phenoxy) is 2. The predicted octanol–water partition coefficient (Wildman–Crippen LogP) is 13.8. The number of benzene rings is 10. The van der Waals surface area contributed by atoms with Crippen molar-refractivity contribution in [2.45, 2.75) is 23.7 Å². The van der Waals surface area contributed by atoms with E-state index in [0.29, 0.717) is 22.9 Å². The lowest BCUT2D eigenvalue weighted by Gasteiger charge is -2.49. The lowest BCUT2D eigenvalue weighted by atomic mass is 9.91. The zero-order chi connectivity index (χ0) is 53.4. The molecule has 10 aromatic carbocycles. The van der Waals surface area contributed by atoms with Crippen LogP contribution in [0, 0.1) is 22.9 Å². The lowest BCUT2D eigenvalue weighted by Crippen LogP contribution is -2.76. The van der Waals surface area contributed by atoms with E-state index in [2.05, 4.69) is 139 Å². The maximum Gasteiger partial charge on any atom is 0.421 e. The largest absolute Gasteiger partial charge is 0.421 e. The van der Waals surface area contributed by atoms with Crippen LogP contribution in [0.3, 0.4) is 0 Å². The van der Waals surface area contributed by atoms with E-state index in [1.165, 1.54) is 0 Å². The zero-order valence-electron chi connectivity index (χ0n) is 43.0. The summed E-state index contributed by atoms with van der Waals surface area (Å²) in [6.45, 7) is 0. The molecule has 0 fully saturated rings. The number of hydrogen-bond acceptors (Lipinski definition) is 10. The second-order valence-electron chi connectivity index (χ2n) is 20.0. The maximum atomic E-state index is 13.3. The molecule has 0 saturated carbocycles. The Hall–Kier alpha value is -11.1. The molecule has 0 bridgehead atoms. The van der Waals surface area contributed by atoms with Crippen LogP contribution in [0.4, 0.5) is 56.9 Å². The third kappa shape index (κ3) is 6.41. The van der Waals surface area contributed by atoms with Gasteiger partial charge in [0.25, 0.3) is 11.3 Å². The van der Waals surface area contributed by atoms with Crippen LogP contribution in [-0.2, 0) is 11.3 Å². The number of hydrogen-bond donors (Lipinski definition) is 0. The van der Waals surface area contributed by atoms with Crippen LogP contribution >= 0.6 is 0 Å². The Labute approximate surface area is 463 Å². The van der Waals surface area contributed by atoms with Gasteiger partial charge in [-0.15, -0.1) is 0 Å². The molecule has 380 valence electrons. The van der Waals surface area contributed by atoms with Gasteiger partial charge in [0.15, 0.2) is 12.3 Å². The van der Waals surface area contributed by atoms with Crippen molar-refractivity contribution in [2.75, 3.05) is 29.4 Å². The van der Waals surface area contributed by atoms with Gasteiger partial charge in [-0.05, 0) is 121 Å². The van der Waals surface area contributed by atoms with Crippen LogP contribution in [-0.4, -0.2) is 33.5 Å². The van der Waals surface area contributed by atoms with Crippen molar-refractivity contribution in [3.8, 4) is 23.9 Å². The van der Waals surface area contributed by atoms with Crippen molar-refractivity contribution in [1.29, 1.82) is 10.5 Å². The molecule has 12 nitrogen and oxygen atoms in total. The molecule has 0 radical (unpaired) electrons. The summed E-state index contributed by atoms with van der Waals surface area (Å²) in [6.07, 6.45) is 4.17. The minimum Gasteiger partial charge on any atom is -0.403 e. The Morgan fingerprint density at radius 1 is 0.300 bits per heavy atom. The standard InChI is InChI=1S/C68H48N10O2/c69-47-71-65(79-53-35-15-5-16-36-53)78(52-33-13-4-14-34-52)68(56-40-20-22-42-58(56)76-62-46-26-24-44-60(62)74(64(68)76)50-29-9-2-10-30-50)72(48-70)66(80-54-37-17-6-18-38-54)77(51-31-11-3-12-32-51)67(71)55-39-19-21-41-57(55)75-61-45-25-23-43-59(61)73(63(67)75)49-27-7-1-8-28-49/h1-46,63-64H/q+2. The van der Waals surface area contributed by atoms with Crippen LogP contribution in [0.25, 0.3) is 0 Å². The second-order valence-corrected chi connectivity index (χ2v) is 20.0. The first kappa shape index (κ1) is 46.2. The van der Waals surface area contributed by atoms with Gasteiger partial charge in [0, 0.05) is 21.9 Å². The summed E-state index contributed by atoms with van der Waals surface area (Å²) in [5.41, 5.74) is 6.29. The van der Waals surface area contributed by atoms with Gasteiger partial charge in [0.2, 0.25) is 0 Å². The van der Waals surface area contributed by atoms with Crippen molar-refractivity contribution in [1.82, 2.24) is 0 Å². The molecule has 0 aromatic heterocycles. The number of anilines is 10. The topological polar surface area (TPSA) is 91.5 Å². The highest BCUT2D eigenvalue weighted by atomic mass is 16.5. The SMILES string of the molecule is N#C/[N+]1=C(\Oc2ccccc2)N(c2ccccc2)C2(c3ccccc3N3c4ccccc4N(c4ccccc4)C32)/[N+](C#N)=C(/Oc2ccccc2)N(c2ccccc2)C12c1ccccc1N1c3ccccc3N(c3ccccc3)C12. The third-order valence-corrected chi connectivity index (χ3v) is 16.0. The van der Waals surface area contributed by atoms with Crippen LogP contribution in [0.2, 0.25) is 0 Å². The second kappa shape index (κ2) is 18.3. The zero-order valence-corrected chi connectivity index (χ0v) is 43.0.